The molecule has 2 N–H and O–H groups in total. The number of hydrogen-bond donors (Lipinski definition) is 2. The lowest BCUT2D eigenvalue weighted by Crippen LogP contribution is -2.45. The van der Waals surface area contributed by atoms with Crippen LogP contribution in [0.3, 0.4) is 0 Å². The third-order valence-corrected chi connectivity index (χ3v) is 6.71. The van der Waals surface area contributed by atoms with Crippen molar-refractivity contribution in [2.75, 3.05) is 19.7 Å². The van der Waals surface area contributed by atoms with Gasteiger partial charge in [-0.2, -0.15) is 13.2 Å². The van der Waals surface area contributed by atoms with E-state index in [0.717, 1.165) is 11.3 Å². The van der Waals surface area contributed by atoms with E-state index in [1.165, 1.54) is 4.57 Å². The van der Waals surface area contributed by atoms with Crippen LogP contribution in [0.1, 0.15) is 16.9 Å². The number of aliphatic imine (C=N–C) groups is 1. The lowest BCUT2D eigenvalue weighted by Gasteiger charge is -2.27. The van der Waals surface area contributed by atoms with Crippen molar-refractivity contribution in [3.05, 3.63) is 31.3 Å². The molecule has 0 aromatic carbocycles. The molecule has 4 heterocycles. The van der Waals surface area contributed by atoms with Crippen LogP contribution >= 0.6 is 11.3 Å². The molecule has 1 atom stereocenters. The number of thiophene rings is 1. The number of alkyl halides is 3. The summed E-state index contributed by atoms with van der Waals surface area (Å²) in [4.78, 5) is 42.8. The molecule has 2 aromatic heterocycles. The molecule has 0 spiro atoms. The first-order valence-electron chi connectivity index (χ1n) is 9.79. The molecule has 4 rings (SSSR count). The predicted molar refractivity (Wildman–Crippen MR) is 109 cm³/mol. The van der Waals surface area contributed by atoms with Crippen molar-refractivity contribution < 1.29 is 27.8 Å². The normalized spacial score (nSPS) is 20.1. The van der Waals surface area contributed by atoms with Crippen molar-refractivity contribution >= 4 is 33.6 Å². The summed E-state index contributed by atoms with van der Waals surface area (Å²) in [6.07, 6.45) is -5.75. The Bertz CT molecular complexity index is 1210. The molecule has 2 fully saturated rings. The Labute approximate surface area is 182 Å². The number of carboxylic acid groups (broad SMARTS) is 1. The molecule has 2 aliphatic rings. The highest BCUT2D eigenvalue weighted by Crippen LogP contribution is 2.30. The van der Waals surface area contributed by atoms with E-state index in [9.17, 15) is 27.6 Å². The lowest BCUT2D eigenvalue weighted by atomic mass is 10.2. The highest BCUT2D eigenvalue weighted by molar-refractivity contribution is 7.18. The summed E-state index contributed by atoms with van der Waals surface area (Å²) in [5, 5.41) is 11.8. The van der Waals surface area contributed by atoms with Crippen molar-refractivity contribution in [3.8, 4) is 0 Å². The number of amides is 1. The molecule has 14 heteroatoms. The third-order valence-electron chi connectivity index (χ3n) is 5.41. The standard InChI is InChI=1S/C18H20F3N5O5S/c1-9-11(7-24-4-3-22-15(24)23-16(28)29)32-14-12(9)13(27)26(8-18(19,20)21)17(30)25(14)6-10-2-5-31-10/h10H,2-8H2,1H3,(H,22,23)(H,28,29). The molecular formula is C18H20F3N5O5S. The van der Waals surface area contributed by atoms with Crippen molar-refractivity contribution in [2.24, 2.45) is 4.99 Å². The van der Waals surface area contributed by atoms with E-state index in [4.69, 9.17) is 9.84 Å². The fourth-order valence-corrected chi connectivity index (χ4v) is 5.07. The van der Waals surface area contributed by atoms with E-state index in [-0.39, 0.29) is 39.9 Å². The van der Waals surface area contributed by atoms with Gasteiger partial charge >= 0.3 is 18.0 Å². The minimum absolute atomic E-state index is 0.0455. The maximum Gasteiger partial charge on any atom is 0.434 e. The average Bonchev–Trinajstić information content (AvgIpc) is 3.21. The van der Waals surface area contributed by atoms with Crippen molar-refractivity contribution in [1.29, 1.82) is 0 Å². The van der Waals surface area contributed by atoms with Crippen LogP contribution in [-0.2, 0) is 24.4 Å². The molecular weight excluding hydrogens is 455 g/mol. The molecule has 10 nitrogen and oxygen atoms in total. The van der Waals surface area contributed by atoms with Crippen molar-refractivity contribution in [2.45, 2.75) is 45.3 Å². The fraction of sp³-hybridized carbons (Fsp3) is 0.556. The zero-order chi connectivity index (χ0) is 23.2. The monoisotopic (exact) mass is 475 g/mol. The van der Waals surface area contributed by atoms with Gasteiger partial charge in [-0.15, -0.1) is 16.3 Å². The summed E-state index contributed by atoms with van der Waals surface area (Å²) >= 11 is 1.13. The highest BCUT2D eigenvalue weighted by atomic mass is 32.1. The summed E-state index contributed by atoms with van der Waals surface area (Å²) in [7, 11) is 0. The van der Waals surface area contributed by atoms with Crippen molar-refractivity contribution in [3.63, 3.8) is 0 Å². The molecule has 0 saturated carbocycles. The minimum Gasteiger partial charge on any atom is -0.463 e. The van der Waals surface area contributed by atoms with Gasteiger partial charge in [-0.25, -0.2) is 9.59 Å². The number of aryl methyl sites for hydroxylation is 1. The van der Waals surface area contributed by atoms with Gasteiger partial charge in [0.25, 0.3) is 5.56 Å². The van der Waals surface area contributed by atoms with Crippen LogP contribution in [0.25, 0.3) is 10.2 Å². The van der Waals surface area contributed by atoms with Crippen molar-refractivity contribution in [1.82, 2.24) is 19.4 Å². The van der Waals surface area contributed by atoms with Gasteiger partial charge in [0.15, 0.2) is 0 Å². The summed E-state index contributed by atoms with van der Waals surface area (Å²) in [5.74, 6) is 0.157. The number of fused-ring (bicyclic) bond motifs is 1. The van der Waals surface area contributed by atoms with E-state index in [0.29, 0.717) is 36.6 Å². The second kappa shape index (κ2) is 8.24. The van der Waals surface area contributed by atoms with E-state index in [1.807, 2.05) is 0 Å². The number of ether oxygens (including phenoxy) is 1. The Hall–Kier alpha value is -2.87. The predicted octanol–water partition coefficient (Wildman–Crippen LogP) is 1.32. The second-order valence-electron chi connectivity index (χ2n) is 7.58. The van der Waals surface area contributed by atoms with Crippen LogP contribution in [0.2, 0.25) is 0 Å². The maximum absolute atomic E-state index is 13.1. The molecule has 0 bridgehead atoms. The Morgan fingerprint density at radius 3 is 2.66 bits per heavy atom. The number of guanidine groups is 1. The van der Waals surface area contributed by atoms with E-state index in [1.54, 1.807) is 11.8 Å². The average molecular weight is 475 g/mol. The fourth-order valence-electron chi connectivity index (χ4n) is 3.75. The molecule has 1 amide bonds. The van der Waals surface area contributed by atoms with E-state index < -0.39 is 30.1 Å². The van der Waals surface area contributed by atoms with Crippen LogP contribution in [0.5, 0.6) is 0 Å². The number of halogens is 3. The number of carbonyl (C=O) groups is 1. The van der Waals surface area contributed by atoms with E-state index >= 15 is 0 Å². The highest BCUT2D eigenvalue weighted by Gasteiger charge is 2.33. The first kappa shape index (κ1) is 22.3. The molecule has 0 aliphatic carbocycles. The molecule has 32 heavy (non-hydrogen) atoms. The summed E-state index contributed by atoms with van der Waals surface area (Å²) in [6.45, 7) is 1.61. The first-order chi connectivity index (χ1) is 15.0. The smallest absolute Gasteiger partial charge is 0.434 e. The Morgan fingerprint density at radius 1 is 1.34 bits per heavy atom. The van der Waals surface area contributed by atoms with Gasteiger partial charge in [-0.05, 0) is 18.9 Å². The lowest BCUT2D eigenvalue weighted by molar-refractivity contribution is -0.142. The summed E-state index contributed by atoms with van der Waals surface area (Å²) in [6, 6.07) is 0. The Morgan fingerprint density at radius 2 is 2.06 bits per heavy atom. The quantitative estimate of drug-likeness (QED) is 0.670. The van der Waals surface area contributed by atoms with Gasteiger partial charge in [0.05, 0.1) is 24.6 Å². The Kier molecular flexibility index (Phi) is 5.75. The number of aromatic nitrogens is 2. The van der Waals surface area contributed by atoms with Gasteiger partial charge in [0, 0.05) is 24.6 Å². The minimum atomic E-state index is -4.74. The SMILES string of the molecule is Cc1c(CN2CCN/C2=N\C(=O)O)sc2c1c(=O)n(CC(F)(F)F)c(=O)n2CC1CCO1. The zero-order valence-corrected chi connectivity index (χ0v) is 17.8. The number of nitrogens with zero attached hydrogens (tertiary/aromatic N) is 4. The maximum atomic E-state index is 13.1. The van der Waals surface area contributed by atoms with Crippen LogP contribution < -0.4 is 16.6 Å². The molecule has 2 aliphatic heterocycles. The van der Waals surface area contributed by atoms with Gasteiger partial charge in [0.2, 0.25) is 5.96 Å². The number of nitrogens with one attached hydrogen (secondary N) is 1. The number of hydrogen-bond acceptors (Lipinski definition) is 5. The third kappa shape index (κ3) is 4.24. The zero-order valence-electron chi connectivity index (χ0n) is 16.9. The van der Waals surface area contributed by atoms with Crippen LogP contribution in [0.4, 0.5) is 18.0 Å². The molecule has 1 unspecified atom stereocenters. The van der Waals surface area contributed by atoms with Crippen LogP contribution in [0, 0.1) is 6.92 Å². The Balaban J connectivity index is 1.83. The van der Waals surface area contributed by atoms with Gasteiger partial charge in [-0.1, -0.05) is 0 Å². The molecule has 0 radical (unpaired) electrons. The topological polar surface area (TPSA) is 118 Å². The summed E-state index contributed by atoms with van der Waals surface area (Å²) < 4.78 is 46.0. The van der Waals surface area contributed by atoms with Gasteiger partial charge in [-0.3, -0.25) is 13.9 Å². The first-order valence-corrected chi connectivity index (χ1v) is 10.6. The largest absolute Gasteiger partial charge is 0.463 e. The van der Waals surface area contributed by atoms with Gasteiger partial charge in [0.1, 0.15) is 11.4 Å². The molecule has 174 valence electrons. The van der Waals surface area contributed by atoms with Crippen LogP contribution in [-0.4, -0.2) is 63.2 Å². The molecule has 2 saturated heterocycles. The molecule has 2 aromatic rings. The second-order valence-corrected chi connectivity index (χ2v) is 8.66. The van der Waals surface area contributed by atoms with E-state index in [2.05, 4.69) is 10.3 Å². The van der Waals surface area contributed by atoms with Gasteiger partial charge < -0.3 is 20.1 Å². The number of rotatable bonds is 5. The van der Waals surface area contributed by atoms with Crippen LogP contribution in [0.15, 0.2) is 14.6 Å². The summed E-state index contributed by atoms with van der Waals surface area (Å²) in [5.41, 5.74) is -1.57.